The monoisotopic (exact) mass is 1700 g/mol. The lowest BCUT2D eigenvalue weighted by Gasteiger charge is -2.43. The second kappa shape index (κ2) is 33.5. The number of phenols is 24. The number of carbonyl (C=O) groups excluding carboxylic acids is 10. The van der Waals surface area contributed by atoms with Gasteiger partial charge in [-0.3, -0.25) is 0 Å². The summed E-state index contributed by atoms with van der Waals surface area (Å²) in [6.45, 7) is -0.478. The van der Waals surface area contributed by atoms with Gasteiger partial charge < -0.3 is 175 Å². The number of aromatic hydroxyl groups is 24. The van der Waals surface area contributed by atoms with Crippen molar-refractivity contribution in [3.05, 3.63) is 183 Å². The van der Waals surface area contributed by atoms with Crippen LogP contribution >= 0.6 is 0 Å². The van der Waals surface area contributed by atoms with Crippen molar-refractivity contribution in [2.24, 2.45) is 0 Å². The largest absolute Gasteiger partial charge is 0.504 e. The topological polar surface area (TPSA) is 758 Å². The van der Waals surface area contributed by atoms with E-state index in [4.69, 9.17) is 52.1 Å². The van der Waals surface area contributed by atoms with Gasteiger partial charge in [-0.15, -0.1) is 0 Å². The van der Waals surface area contributed by atoms with Crippen LogP contribution in [0.1, 0.15) is 109 Å². The van der Waals surface area contributed by atoms with Gasteiger partial charge in [0.2, 0.25) is 41.1 Å². The summed E-state index contributed by atoms with van der Waals surface area (Å²) in [5.74, 6) is -53.4. The quantitative estimate of drug-likeness (QED) is 0.0184. The van der Waals surface area contributed by atoms with Gasteiger partial charge in [0.1, 0.15) is 12.7 Å². The van der Waals surface area contributed by atoms with Gasteiger partial charge in [0.15, 0.2) is 150 Å². The molecule has 45 nitrogen and oxygen atoms in total. The van der Waals surface area contributed by atoms with E-state index < -0.39 is 319 Å². The zero-order valence-corrected chi connectivity index (χ0v) is 60.4. The van der Waals surface area contributed by atoms with Crippen LogP contribution in [0.15, 0.2) is 121 Å². The van der Waals surface area contributed by atoms with Crippen LogP contribution in [0.4, 0.5) is 0 Å². The Labute approximate surface area is 673 Å². The predicted octanol–water partition coefficient (Wildman–Crippen LogP) is 5.44. The number of hydrogen-bond acceptors (Lipinski definition) is 45. The summed E-state index contributed by atoms with van der Waals surface area (Å²) in [6.07, 6.45) is -14.9. The minimum absolute atomic E-state index is 0.140. The number of aryl methyl sites for hydroxylation is 1. The van der Waals surface area contributed by atoms with E-state index in [-0.39, 0.29) is 5.56 Å². The zero-order chi connectivity index (χ0) is 89.4. The van der Waals surface area contributed by atoms with Gasteiger partial charge in [-0.2, -0.15) is 0 Å². The van der Waals surface area contributed by atoms with Gasteiger partial charge in [-0.25, -0.2) is 47.9 Å². The summed E-state index contributed by atoms with van der Waals surface area (Å²) in [7, 11) is 0. The molecule has 2 unspecified atom stereocenters. The third-order valence-corrected chi connectivity index (χ3v) is 17.1. The first kappa shape index (κ1) is 85.0. The van der Waals surface area contributed by atoms with Crippen molar-refractivity contribution in [1.82, 2.24) is 0 Å². The van der Waals surface area contributed by atoms with Gasteiger partial charge in [0.25, 0.3) is 0 Å². The normalized spacial score (nSPS) is 14.6. The van der Waals surface area contributed by atoms with Crippen molar-refractivity contribution in [3.8, 4) is 167 Å². The highest BCUT2D eigenvalue weighted by Crippen LogP contribution is 2.47. The fraction of sp³-hybridized carbons (Fsp3) is 0.0909. The standard InChI is InChI=1S/C77H54O45/c1-23-2-24(3-34(78)54(23)92)68(103)113-52-21-33(16-47(91)63(52)101)76(111)122-77-66(121-75(110)32-15-46(90)62(100)51(20-32)117-72(107)28-10-41(85)58(96)42(86)11-28)65(120-74(109)31-14-45(89)61(99)50(19-31)116-71(106)27-8-39(83)57(95)40(84)9-27)64(119-73(108)30-13-44(88)60(98)49(18-30)115-70(105)26-6-37(81)56(94)38(82)7-26)53(118-77)22-112-67(102)29-12-43(87)59(97)48(17-29)114-69(104)25-4-35(79)55(93)36(80)5-25/h2-21,53,64-66,77-101H,22H2,1H3/t53-,64-,65+,66?,77?/m1/s1. The van der Waals surface area contributed by atoms with E-state index in [1.165, 1.54) is 6.92 Å². The molecule has 24 N–H and O–H groups in total. The second-order valence-corrected chi connectivity index (χ2v) is 25.4. The van der Waals surface area contributed by atoms with Crippen molar-refractivity contribution in [2.75, 3.05) is 6.61 Å². The number of ether oxygens (including phenoxy) is 11. The lowest BCUT2D eigenvalue weighted by molar-refractivity contribution is -0.282. The molecule has 1 fully saturated rings. The molecule has 0 saturated carbocycles. The van der Waals surface area contributed by atoms with E-state index in [0.717, 1.165) is 6.07 Å². The van der Waals surface area contributed by atoms with Crippen molar-refractivity contribution >= 4 is 59.7 Å². The Balaban J connectivity index is 1.09. The Kier molecular flexibility index (Phi) is 23.3. The Morgan fingerprint density at radius 3 is 0.680 bits per heavy atom. The summed E-state index contributed by atoms with van der Waals surface area (Å²) < 4.78 is 60.7. The minimum atomic E-state index is -3.09. The lowest BCUT2D eigenvalue weighted by atomic mass is 9.97. The number of esters is 10. The van der Waals surface area contributed by atoms with E-state index in [1.54, 1.807) is 0 Å². The van der Waals surface area contributed by atoms with Gasteiger partial charge in [0, 0.05) is 0 Å². The van der Waals surface area contributed by atoms with Crippen LogP contribution < -0.4 is 23.7 Å². The molecule has 0 aromatic heterocycles. The maximum Gasteiger partial charge on any atom is 0.343 e. The Morgan fingerprint density at radius 2 is 0.426 bits per heavy atom. The van der Waals surface area contributed by atoms with Crippen LogP contribution in [0.25, 0.3) is 0 Å². The number of rotatable bonds is 21. The summed E-state index contributed by atoms with van der Waals surface area (Å²) in [5.41, 5.74) is -9.64. The first-order valence-corrected chi connectivity index (χ1v) is 33.5. The fourth-order valence-electron chi connectivity index (χ4n) is 11.0. The van der Waals surface area contributed by atoms with E-state index in [2.05, 4.69) is 0 Å². The molecule has 0 spiro atoms. The first-order valence-electron chi connectivity index (χ1n) is 33.5. The molecule has 45 heteroatoms. The highest BCUT2D eigenvalue weighted by atomic mass is 16.8. The van der Waals surface area contributed by atoms with E-state index in [0.29, 0.717) is 115 Å². The number of phenolic OH excluding ortho intramolecular Hbond substituents is 24. The summed E-state index contributed by atoms with van der Waals surface area (Å²) in [4.78, 5) is 143. The SMILES string of the molecule is Cc1cc(C(=O)Oc2cc(C(=O)OC3O[C@H](COC(=O)c4cc(O)c(O)c(OC(=O)c5cc(O)c(O)c(O)c5)c4)[C@@H](OC(=O)c4cc(O)c(O)c(OC(=O)c5cc(O)c(O)c(O)c5)c4)[C@H](OC(=O)c4cc(O)c(O)c(OC(=O)c5cc(O)c(O)c(O)c5)c4)C3OC(=O)c3cc(O)c(O)c(OC(=O)c4cc(O)c(O)c(O)c4)c3)cc(O)c2O)cc(O)c1O. The highest BCUT2D eigenvalue weighted by molar-refractivity contribution is 6.00. The maximum atomic E-state index is 15.3. The molecule has 1 aliphatic heterocycles. The Bertz CT molecular complexity index is 5970. The average Bonchev–Trinajstić information content (AvgIpc) is 0.759. The minimum Gasteiger partial charge on any atom is -0.504 e. The van der Waals surface area contributed by atoms with Gasteiger partial charge in [-0.05, 0) is 134 Å². The molecule has 0 bridgehead atoms. The van der Waals surface area contributed by atoms with E-state index in [1.807, 2.05) is 0 Å². The second-order valence-electron chi connectivity index (χ2n) is 25.4. The van der Waals surface area contributed by atoms with Crippen LogP contribution in [0, 0.1) is 6.92 Å². The molecule has 1 saturated heterocycles. The van der Waals surface area contributed by atoms with Crippen LogP contribution in [0.3, 0.4) is 0 Å². The molecule has 10 aromatic rings. The molecule has 1 aliphatic rings. The fourth-order valence-corrected chi connectivity index (χ4v) is 11.0. The Morgan fingerprint density at radius 1 is 0.230 bits per heavy atom. The van der Waals surface area contributed by atoms with E-state index >= 15 is 19.2 Å². The highest BCUT2D eigenvalue weighted by Gasteiger charge is 2.55. The van der Waals surface area contributed by atoms with Crippen LogP contribution in [-0.4, -0.2) is 220 Å². The molecule has 632 valence electrons. The smallest absolute Gasteiger partial charge is 0.343 e. The van der Waals surface area contributed by atoms with Crippen LogP contribution in [0.5, 0.6) is 167 Å². The predicted molar refractivity (Wildman–Crippen MR) is 386 cm³/mol. The van der Waals surface area contributed by atoms with Crippen LogP contribution in [0.2, 0.25) is 0 Å². The Hall–Kier alpha value is -17.9. The van der Waals surface area contributed by atoms with Crippen molar-refractivity contribution in [3.63, 3.8) is 0 Å². The summed E-state index contributed by atoms with van der Waals surface area (Å²) in [6, 6.07) is 9.42. The summed E-state index contributed by atoms with van der Waals surface area (Å²) >= 11 is 0. The number of hydrogen-bond donors (Lipinski definition) is 24. The average molecular weight is 1700 g/mol. The molecule has 5 atom stereocenters. The molecule has 0 amide bonds. The molecule has 10 aromatic carbocycles. The van der Waals surface area contributed by atoms with Gasteiger partial charge >= 0.3 is 59.7 Å². The number of benzene rings is 10. The van der Waals surface area contributed by atoms with Crippen molar-refractivity contribution in [1.29, 1.82) is 0 Å². The summed E-state index contributed by atoms with van der Waals surface area (Å²) in [5, 5.41) is 252. The zero-order valence-electron chi connectivity index (χ0n) is 60.4. The molecular formula is C77H54O45. The number of carbonyl (C=O) groups is 10. The van der Waals surface area contributed by atoms with Crippen molar-refractivity contribution < 1.29 is 223 Å². The van der Waals surface area contributed by atoms with Gasteiger partial charge in [0.05, 0.1) is 55.6 Å². The maximum absolute atomic E-state index is 15.3. The molecule has 11 rings (SSSR count). The first-order chi connectivity index (χ1) is 57.4. The lowest BCUT2D eigenvalue weighted by Crippen LogP contribution is -2.63. The van der Waals surface area contributed by atoms with Gasteiger partial charge in [-0.1, -0.05) is 0 Å². The van der Waals surface area contributed by atoms with E-state index in [9.17, 15) is 151 Å². The molecular weight excluding hydrogens is 1640 g/mol. The third-order valence-electron chi connectivity index (χ3n) is 17.1. The molecule has 122 heavy (non-hydrogen) atoms. The third kappa shape index (κ3) is 17.6. The molecule has 0 aliphatic carbocycles. The van der Waals surface area contributed by atoms with Crippen LogP contribution in [-0.2, 0) is 28.4 Å². The molecule has 0 radical (unpaired) electrons. The molecule has 1 heterocycles. The van der Waals surface area contributed by atoms with Crippen molar-refractivity contribution in [2.45, 2.75) is 37.6 Å².